The minimum atomic E-state index is -0.755. The van der Waals surface area contributed by atoms with E-state index in [4.69, 9.17) is 0 Å². The molecule has 3 aliphatic rings. The highest BCUT2D eigenvalue weighted by Gasteiger charge is 2.44. The number of rotatable bonds is 5. The summed E-state index contributed by atoms with van der Waals surface area (Å²) in [5.41, 5.74) is 1.10. The lowest BCUT2D eigenvalue weighted by Crippen LogP contribution is -2.63. The number of benzene rings is 1. The molecule has 1 aliphatic heterocycles. The van der Waals surface area contributed by atoms with E-state index in [9.17, 15) is 18.4 Å². The average Bonchev–Trinajstić information content (AvgIpc) is 3.46. The molecule has 0 bridgehead atoms. The number of carbonyl (C=O) groups is 2. The van der Waals surface area contributed by atoms with Crippen LogP contribution in [0.5, 0.6) is 0 Å². The molecular formula is C24H34F2N2O2. The van der Waals surface area contributed by atoms with Crippen molar-refractivity contribution in [1.29, 1.82) is 0 Å². The van der Waals surface area contributed by atoms with Crippen molar-refractivity contribution in [3.8, 4) is 0 Å². The van der Waals surface area contributed by atoms with Crippen molar-refractivity contribution in [3.63, 3.8) is 0 Å². The molecule has 6 heteroatoms. The third kappa shape index (κ3) is 5.38. The van der Waals surface area contributed by atoms with Crippen LogP contribution in [0.3, 0.4) is 0 Å². The van der Waals surface area contributed by atoms with Crippen LogP contribution in [0.4, 0.5) is 8.78 Å². The standard InChI is InChI=1S/C15H26N2O2.C9H8F2/c1-11(2)8-12-14(19)16-13(9-17(12)10-18)15(3)6-4-5-7-15;10-8-4-3-7(5-9(8)11)6-1-2-6/h10-13H,4-9H2,1-3H3,(H,16,19);3-6H,1-2H2. The summed E-state index contributed by atoms with van der Waals surface area (Å²) in [5, 5.41) is 3.18. The molecule has 2 saturated carbocycles. The van der Waals surface area contributed by atoms with Crippen molar-refractivity contribution in [2.75, 3.05) is 6.54 Å². The quantitative estimate of drug-likeness (QED) is 0.697. The maximum atomic E-state index is 12.6. The Kier molecular flexibility index (Phi) is 7.14. The van der Waals surface area contributed by atoms with Crippen LogP contribution in [0.15, 0.2) is 18.2 Å². The maximum Gasteiger partial charge on any atom is 0.243 e. The molecule has 2 aliphatic carbocycles. The summed E-state index contributed by atoms with van der Waals surface area (Å²) in [5.74, 6) is -0.545. The first kappa shape index (κ1) is 22.7. The molecule has 3 fully saturated rings. The van der Waals surface area contributed by atoms with Gasteiger partial charge in [0.25, 0.3) is 0 Å². The van der Waals surface area contributed by atoms with Crippen LogP contribution in [0.2, 0.25) is 0 Å². The second-order valence-corrected chi connectivity index (χ2v) is 9.82. The van der Waals surface area contributed by atoms with E-state index in [2.05, 4.69) is 26.1 Å². The smallest absolute Gasteiger partial charge is 0.243 e. The highest BCUT2D eigenvalue weighted by Crippen LogP contribution is 2.42. The Morgan fingerprint density at radius 1 is 1.20 bits per heavy atom. The van der Waals surface area contributed by atoms with E-state index in [1.165, 1.54) is 25.0 Å². The van der Waals surface area contributed by atoms with Gasteiger partial charge in [-0.2, -0.15) is 0 Å². The van der Waals surface area contributed by atoms with Crippen molar-refractivity contribution < 1.29 is 18.4 Å². The highest BCUT2D eigenvalue weighted by atomic mass is 19.2. The molecule has 2 atom stereocenters. The second kappa shape index (κ2) is 9.44. The fourth-order valence-electron chi connectivity index (χ4n) is 4.72. The van der Waals surface area contributed by atoms with Crippen molar-refractivity contribution in [1.82, 2.24) is 10.2 Å². The molecule has 30 heavy (non-hydrogen) atoms. The topological polar surface area (TPSA) is 49.4 Å². The van der Waals surface area contributed by atoms with E-state index in [1.54, 1.807) is 11.0 Å². The van der Waals surface area contributed by atoms with Gasteiger partial charge >= 0.3 is 0 Å². The lowest BCUT2D eigenvalue weighted by molar-refractivity contribution is -0.140. The Hall–Kier alpha value is -1.98. The first-order valence-electron chi connectivity index (χ1n) is 11.2. The van der Waals surface area contributed by atoms with Gasteiger partial charge < -0.3 is 10.2 Å². The van der Waals surface area contributed by atoms with Crippen LogP contribution >= 0.6 is 0 Å². The fourth-order valence-corrected chi connectivity index (χ4v) is 4.72. The van der Waals surface area contributed by atoms with Gasteiger partial charge in [-0.25, -0.2) is 8.78 Å². The van der Waals surface area contributed by atoms with E-state index in [-0.39, 0.29) is 23.4 Å². The number of hydrogen-bond donors (Lipinski definition) is 1. The number of nitrogens with one attached hydrogen (secondary N) is 1. The molecule has 1 N–H and O–H groups in total. The molecule has 4 nitrogen and oxygen atoms in total. The number of nitrogens with zero attached hydrogens (tertiary/aromatic N) is 1. The summed E-state index contributed by atoms with van der Waals surface area (Å²) in [7, 11) is 0. The molecule has 2 unspecified atom stereocenters. The second-order valence-electron chi connectivity index (χ2n) is 9.82. The summed E-state index contributed by atoms with van der Waals surface area (Å²) >= 11 is 0. The van der Waals surface area contributed by atoms with Crippen LogP contribution in [-0.2, 0) is 9.59 Å². The van der Waals surface area contributed by atoms with E-state index in [1.807, 2.05) is 0 Å². The first-order chi connectivity index (χ1) is 14.2. The molecule has 4 rings (SSSR count). The van der Waals surface area contributed by atoms with Crippen molar-refractivity contribution in [3.05, 3.63) is 35.4 Å². The van der Waals surface area contributed by atoms with E-state index >= 15 is 0 Å². The molecular weight excluding hydrogens is 386 g/mol. The number of hydrogen-bond acceptors (Lipinski definition) is 2. The minimum absolute atomic E-state index is 0.0326. The fraction of sp³-hybridized carbons (Fsp3) is 0.667. The normalized spacial score (nSPS) is 25.5. The molecule has 0 spiro atoms. The van der Waals surface area contributed by atoms with Crippen LogP contribution in [0, 0.1) is 23.0 Å². The van der Waals surface area contributed by atoms with Crippen LogP contribution in [0.25, 0.3) is 0 Å². The Morgan fingerprint density at radius 3 is 2.40 bits per heavy atom. The van der Waals surface area contributed by atoms with Gasteiger partial charge in [0.1, 0.15) is 6.04 Å². The number of carbonyl (C=O) groups excluding carboxylic acids is 2. The monoisotopic (exact) mass is 420 g/mol. The third-order valence-electron chi connectivity index (χ3n) is 6.82. The Balaban J connectivity index is 0.000000196. The Bertz CT molecular complexity index is 758. The largest absolute Gasteiger partial charge is 0.349 e. The zero-order valence-electron chi connectivity index (χ0n) is 18.3. The van der Waals surface area contributed by atoms with Crippen LogP contribution < -0.4 is 5.32 Å². The molecule has 166 valence electrons. The summed E-state index contributed by atoms with van der Waals surface area (Å²) < 4.78 is 25.0. The zero-order chi connectivity index (χ0) is 21.9. The zero-order valence-corrected chi connectivity index (χ0v) is 18.3. The van der Waals surface area contributed by atoms with E-state index < -0.39 is 11.6 Å². The Labute approximate surface area is 178 Å². The van der Waals surface area contributed by atoms with Gasteiger partial charge in [-0.15, -0.1) is 0 Å². The average molecular weight is 421 g/mol. The first-order valence-corrected chi connectivity index (χ1v) is 11.2. The third-order valence-corrected chi connectivity index (χ3v) is 6.82. The summed E-state index contributed by atoms with van der Waals surface area (Å²) in [6.45, 7) is 7.08. The van der Waals surface area contributed by atoms with E-state index in [0.29, 0.717) is 18.4 Å². The van der Waals surface area contributed by atoms with Crippen molar-refractivity contribution >= 4 is 12.3 Å². The number of piperazine rings is 1. The Morgan fingerprint density at radius 2 is 1.87 bits per heavy atom. The predicted octanol–water partition coefficient (Wildman–Crippen LogP) is 4.78. The minimum Gasteiger partial charge on any atom is -0.349 e. The summed E-state index contributed by atoms with van der Waals surface area (Å²) in [6, 6.07) is 4.00. The lowest BCUT2D eigenvalue weighted by atomic mass is 9.78. The van der Waals surface area contributed by atoms with Gasteiger partial charge in [0.05, 0.1) is 6.04 Å². The highest BCUT2D eigenvalue weighted by molar-refractivity contribution is 5.85. The van der Waals surface area contributed by atoms with Gasteiger partial charge in [0.2, 0.25) is 12.3 Å². The van der Waals surface area contributed by atoms with Crippen LogP contribution in [-0.4, -0.2) is 35.8 Å². The molecule has 1 aromatic rings. The van der Waals surface area contributed by atoms with Crippen molar-refractivity contribution in [2.45, 2.75) is 83.7 Å². The van der Waals surface area contributed by atoms with Crippen LogP contribution in [0.1, 0.15) is 77.2 Å². The lowest BCUT2D eigenvalue weighted by Gasteiger charge is -2.44. The van der Waals surface area contributed by atoms with Crippen molar-refractivity contribution in [2.24, 2.45) is 11.3 Å². The predicted molar refractivity (Wildman–Crippen MR) is 113 cm³/mol. The maximum absolute atomic E-state index is 12.6. The van der Waals surface area contributed by atoms with Gasteiger partial charge in [-0.1, -0.05) is 39.7 Å². The molecule has 1 heterocycles. The summed E-state index contributed by atoms with van der Waals surface area (Å²) in [4.78, 5) is 25.3. The van der Waals surface area contributed by atoms with Gasteiger partial charge in [0, 0.05) is 6.54 Å². The summed E-state index contributed by atoms with van der Waals surface area (Å²) in [6.07, 6.45) is 8.61. The molecule has 1 aromatic carbocycles. The van der Waals surface area contributed by atoms with E-state index in [0.717, 1.165) is 44.1 Å². The van der Waals surface area contributed by atoms with Gasteiger partial charge in [-0.3, -0.25) is 9.59 Å². The van der Waals surface area contributed by atoms with Gasteiger partial charge in [-0.05, 0) is 67.1 Å². The van der Waals surface area contributed by atoms with Gasteiger partial charge in [0.15, 0.2) is 11.6 Å². The molecule has 0 aromatic heterocycles. The number of halogens is 2. The number of amides is 2. The molecule has 2 amide bonds. The molecule has 0 radical (unpaired) electrons. The SMILES string of the molecule is CC(C)CC1C(=O)NC(C2(C)CCCC2)CN1C=O.Fc1ccc(C2CC2)cc1F. The molecule has 1 saturated heterocycles.